The Labute approximate surface area is 155 Å². The lowest BCUT2D eigenvalue weighted by Gasteiger charge is -2.07. The van der Waals surface area contributed by atoms with Gasteiger partial charge in [0.05, 0.1) is 17.3 Å². The van der Waals surface area contributed by atoms with Gasteiger partial charge in [0.2, 0.25) is 11.8 Å². The van der Waals surface area contributed by atoms with Crippen LogP contribution in [0.4, 0.5) is 19.1 Å². The maximum absolute atomic E-state index is 12.4. The number of pyridine rings is 1. The summed E-state index contributed by atoms with van der Waals surface area (Å²) in [5.74, 6) is 1.50. The highest BCUT2D eigenvalue weighted by Crippen LogP contribution is 2.38. The number of alkyl halides is 3. The standard InChI is InChI=1S/C15H15F3N4O2S2/c1-2-25-10-6-9-7(3-4-23-9)21-12(10)14-22-8(13(20)24-14)5-11(19)26-15(16,17)18/h5-6H,2-4,19-20H2,1H3/b11-5+. The van der Waals surface area contributed by atoms with Gasteiger partial charge in [-0.05, 0) is 17.9 Å². The second kappa shape index (κ2) is 7.31. The van der Waals surface area contributed by atoms with Crippen molar-refractivity contribution in [3.63, 3.8) is 0 Å². The minimum Gasteiger partial charge on any atom is -0.491 e. The number of thioether (sulfide) groups is 2. The molecular formula is C15H15F3N4O2S2. The van der Waals surface area contributed by atoms with Gasteiger partial charge in [-0.25, -0.2) is 9.97 Å². The minimum absolute atomic E-state index is 0.0280. The lowest BCUT2D eigenvalue weighted by Crippen LogP contribution is -2.05. The zero-order valence-corrected chi connectivity index (χ0v) is 15.2. The lowest BCUT2D eigenvalue weighted by molar-refractivity contribution is -0.0322. The molecule has 0 spiro atoms. The molecule has 140 valence electrons. The van der Waals surface area contributed by atoms with E-state index < -0.39 is 22.3 Å². The smallest absolute Gasteiger partial charge is 0.447 e. The lowest BCUT2D eigenvalue weighted by atomic mass is 10.2. The largest absolute Gasteiger partial charge is 0.491 e. The second-order valence-electron chi connectivity index (χ2n) is 5.17. The molecular weight excluding hydrogens is 389 g/mol. The summed E-state index contributed by atoms with van der Waals surface area (Å²) in [5.41, 5.74) is 7.94. The van der Waals surface area contributed by atoms with E-state index in [1.54, 1.807) is 0 Å². The maximum Gasteiger partial charge on any atom is 0.447 e. The van der Waals surface area contributed by atoms with Gasteiger partial charge >= 0.3 is 5.51 Å². The third-order valence-electron chi connectivity index (χ3n) is 3.32. The Morgan fingerprint density at radius 1 is 1.38 bits per heavy atom. The number of anilines is 1. The fourth-order valence-corrected chi connectivity index (χ4v) is 3.55. The minimum atomic E-state index is -4.49. The van der Waals surface area contributed by atoms with Gasteiger partial charge in [-0.15, -0.1) is 11.8 Å². The molecule has 4 N–H and O–H groups in total. The quantitative estimate of drug-likeness (QED) is 0.725. The molecule has 0 saturated heterocycles. The number of fused-ring (bicyclic) bond motifs is 1. The van der Waals surface area contributed by atoms with Crippen molar-refractivity contribution in [1.82, 2.24) is 9.97 Å². The van der Waals surface area contributed by atoms with E-state index in [9.17, 15) is 13.2 Å². The van der Waals surface area contributed by atoms with E-state index in [4.69, 9.17) is 20.6 Å². The summed E-state index contributed by atoms with van der Waals surface area (Å²) in [6.07, 6.45) is 1.70. The zero-order chi connectivity index (χ0) is 18.9. The van der Waals surface area contributed by atoms with Crippen LogP contribution in [0, 0.1) is 0 Å². The van der Waals surface area contributed by atoms with Gasteiger partial charge in [-0.1, -0.05) is 6.92 Å². The predicted octanol–water partition coefficient (Wildman–Crippen LogP) is 3.88. The van der Waals surface area contributed by atoms with Crippen LogP contribution in [-0.4, -0.2) is 27.8 Å². The molecule has 1 aliphatic rings. The Hall–Kier alpha value is -2.01. The van der Waals surface area contributed by atoms with Crippen molar-refractivity contribution < 1.29 is 22.3 Å². The van der Waals surface area contributed by atoms with Crippen LogP contribution in [0.5, 0.6) is 5.75 Å². The van der Waals surface area contributed by atoms with E-state index in [2.05, 4.69) is 9.97 Å². The SMILES string of the molecule is CCSc1cc2c(nc1-c1nc(/C=C(\N)SC(F)(F)F)c(N)o1)CCO2. The fraction of sp³-hybridized carbons (Fsp3) is 0.333. The average Bonchev–Trinajstić information content (AvgIpc) is 3.11. The molecule has 0 unspecified atom stereocenters. The average molecular weight is 404 g/mol. The molecule has 0 bridgehead atoms. The van der Waals surface area contributed by atoms with Crippen molar-refractivity contribution in [2.24, 2.45) is 5.73 Å². The van der Waals surface area contributed by atoms with Crippen molar-refractivity contribution in [3.05, 3.63) is 22.5 Å². The number of hydrogen-bond acceptors (Lipinski definition) is 8. The first kappa shape index (κ1) is 18.8. The number of aromatic nitrogens is 2. The zero-order valence-electron chi connectivity index (χ0n) is 13.6. The number of ether oxygens (including phenoxy) is 1. The molecule has 11 heteroatoms. The molecule has 0 amide bonds. The molecule has 0 saturated carbocycles. The third-order valence-corrected chi connectivity index (χ3v) is 4.82. The highest BCUT2D eigenvalue weighted by atomic mass is 32.2. The van der Waals surface area contributed by atoms with Crippen molar-refractivity contribution in [3.8, 4) is 17.3 Å². The first-order valence-electron chi connectivity index (χ1n) is 7.56. The maximum atomic E-state index is 12.4. The van der Waals surface area contributed by atoms with Crippen molar-refractivity contribution in [2.75, 3.05) is 18.1 Å². The van der Waals surface area contributed by atoms with E-state index in [-0.39, 0.29) is 17.5 Å². The number of rotatable bonds is 5. The Morgan fingerprint density at radius 2 is 2.15 bits per heavy atom. The molecule has 3 rings (SSSR count). The molecule has 2 aromatic rings. The van der Waals surface area contributed by atoms with Crippen LogP contribution in [-0.2, 0) is 6.42 Å². The normalized spacial score (nSPS) is 14.4. The fourth-order valence-electron chi connectivity index (χ4n) is 2.34. The van der Waals surface area contributed by atoms with E-state index in [1.807, 2.05) is 13.0 Å². The Kier molecular flexibility index (Phi) is 5.28. The number of nitrogen functional groups attached to an aromatic ring is 1. The summed E-state index contributed by atoms with van der Waals surface area (Å²) in [5, 5.41) is -0.484. The number of oxazole rings is 1. The topological polar surface area (TPSA) is 100 Å². The highest BCUT2D eigenvalue weighted by Gasteiger charge is 2.30. The van der Waals surface area contributed by atoms with Gasteiger partial charge in [-0.3, -0.25) is 0 Å². The molecule has 0 aliphatic carbocycles. The van der Waals surface area contributed by atoms with Gasteiger partial charge in [0.25, 0.3) is 0 Å². The first-order valence-corrected chi connectivity index (χ1v) is 9.36. The molecule has 3 heterocycles. The third kappa shape index (κ3) is 4.21. The van der Waals surface area contributed by atoms with Gasteiger partial charge in [0.1, 0.15) is 17.1 Å². The number of hydrogen-bond donors (Lipinski definition) is 2. The number of halogens is 3. The summed E-state index contributed by atoms with van der Waals surface area (Å²) in [4.78, 5) is 9.51. The Morgan fingerprint density at radius 3 is 2.85 bits per heavy atom. The molecule has 2 aromatic heterocycles. The Balaban J connectivity index is 1.97. The second-order valence-corrected chi connectivity index (χ2v) is 7.62. The predicted molar refractivity (Wildman–Crippen MR) is 95.6 cm³/mol. The van der Waals surface area contributed by atoms with E-state index in [1.165, 1.54) is 11.8 Å². The summed E-state index contributed by atoms with van der Waals surface area (Å²) in [6, 6.07) is 1.86. The molecule has 0 aromatic carbocycles. The summed E-state index contributed by atoms with van der Waals surface area (Å²) >= 11 is 1.08. The van der Waals surface area contributed by atoms with E-state index in [0.29, 0.717) is 18.7 Å². The molecule has 1 aliphatic heterocycles. The molecule has 0 radical (unpaired) electrons. The molecule has 0 fully saturated rings. The first-order chi connectivity index (χ1) is 12.3. The van der Waals surface area contributed by atoms with Crippen LogP contribution in [0.15, 0.2) is 20.4 Å². The van der Waals surface area contributed by atoms with Gasteiger partial charge in [0.15, 0.2) is 0 Å². The van der Waals surface area contributed by atoms with Crippen molar-refractivity contribution in [1.29, 1.82) is 0 Å². The molecule has 26 heavy (non-hydrogen) atoms. The monoisotopic (exact) mass is 404 g/mol. The van der Waals surface area contributed by atoms with E-state index >= 15 is 0 Å². The summed E-state index contributed by atoms with van der Waals surface area (Å²) < 4.78 is 48.1. The van der Waals surface area contributed by atoms with Crippen LogP contribution in [0.25, 0.3) is 17.7 Å². The van der Waals surface area contributed by atoms with Gasteiger partial charge < -0.3 is 20.6 Å². The Bertz CT molecular complexity index is 852. The summed E-state index contributed by atoms with van der Waals surface area (Å²) in [6.45, 7) is 2.53. The number of nitrogens with zero attached hydrogens (tertiary/aromatic N) is 2. The van der Waals surface area contributed by atoms with Gasteiger partial charge in [-0.2, -0.15) is 13.2 Å². The number of nitrogens with two attached hydrogens (primary N) is 2. The molecule has 0 atom stereocenters. The molecule has 6 nitrogen and oxygen atoms in total. The summed E-state index contributed by atoms with van der Waals surface area (Å²) in [7, 11) is 0. The van der Waals surface area contributed by atoms with Crippen LogP contribution in [0.1, 0.15) is 18.3 Å². The van der Waals surface area contributed by atoms with Gasteiger partial charge in [0, 0.05) is 23.1 Å². The van der Waals surface area contributed by atoms with Crippen LogP contribution < -0.4 is 16.2 Å². The van der Waals surface area contributed by atoms with Crippen LogP contribution in [0.3, 0.4) is 0 Å². The van der Waals surface area contributed by atoms with Crippen LogP contribution >= 0.6 is 23.5 Å². The highest BCUT2D eigenvalue weighted by molar-refractivity contribution is 8.03. The van der Waals surface area contributed by atoms with Crippen molar-refractivity contribution in [2.45, 2.75) is 23.7 Å². The van der Waals surface area contributed by atoms with Crippen LogP contribution in [0.2, 0.25) is 0 Å². The van der Waals surface area contributed by atoms with Crippen molar-refractivity contribution >= 4 is 35.5 Å². The van der Waals surface area contributed by atoms with E-state index in [0.717, 1.165) is 28.2 Å².